The molecule has 2 aromatic heterocycles. The Morgan fingerprint density at radius 1 is 1.38 bits per heavy atom. The molecule has 0 radical (unpaired) electrons. The number of anilines is 1. The highest BCUT2D eigenvalue weighted by Gasteiger charge is 2.14. The van der Waals surface area contributed by atoms with Gasteiger partial charge in [0.25, 0.3) is 11.2 Å². The van der Waals surface area contributed by atoms with E-state index in [1.54, 1.807) is 19.1 Å². The largest absolute Gasteiger partial charge is 0.325 e. The fourth-order valence-electron chi connectivity index (χ4n) is 2.35. The predicted octanol–water partition coefficient (Wildman–Crippen LogP) is 3.24. The van der Waals surface area contributed by atoms with Crippen LogP contribution in [0.1, 0.15) is 11.1 Å². The van der Waals surface area contributed by atoms with E-state index in [-0.39, 0.29) is 22.9 Å². The summed E-state index contributed by atoms with van der Waals surface area (Å²) in [4.78, 5) is 42.3. The number of carbonyl (C=O) groups excluding carboxylic acids is 1. The molecule has 0 atom stereocenters. The van der Waals surface area contributed by atoms with Gasteiger partial charge >= 0.3 is 0 Å². The van der Waals surface area contributed by atoms with Crippen LogP contribution in [0.4, 0.5) is 11.4 Å². The lowest BCUT2D eigenvalue weighted by molar-refractivity contribution is -0.385. The highest BCUT2D eigenvalue weighted by molar-refractivity contribution is 7.99. The number of hydrogen-bond acceptors (Lipinski definition) is 7. The summed E-state index contributed by atoms with van der Waals surface area (Å²) >= 11 is 2.47. The quantitative estimate of drug-likeness (QED) is 0.299. The lowest BCUT2D eigenvalue weighted by atomic mass is 10.2. The molecule has 0 aliphatic rings. The number of carbonyl (C=O) groups is 1. The Hall–Kier alpha value is -2.72. The van der Waals surface area contributed by atoms with Crippen molar-refractivity contribution in [2.24, 2.45) is 0 Å². The number of nitrogens with one attached hydrogen (secondary N) is 2. The van der Waals surface area contributed by atoms with E-state index in [2.05, 4.69) is 15.3 Å². The number of aromatic nitrogens is 2. The summed E-state index contributed by atoms with van der Waals surface area (Å²) in [5, 5.41) is 16.3. The third kappa shape index (κ3) is 3.75. The molecule has 0 saturated heterocycles. The fourth-order valence-corrected chi connectivity index (χ4v) is 3.99. The number of thioether (sulfide) groups is 1. The number of fused-ring (bicyclic) bond motifs is 1. The molecule has 3 aromatic rings. The molecule has 8 nitrogen and oxygen atoms in total. The van der Waals surface area contributed by atoms with Gasteiger partial charge in [-0.15, -0.1) is 11.3 Å². The SMILES string of the molecule is Cc1ccc(NC(=O)CSc2nc3scc(C)c3c(=O)[nH]2)cc1[N+](=O)[O-]. The number of nitro benzene ring substituents is 1. The first-order chi connectivity index (χ1) is 12.3. The van der Waals surface area contributed by atoms with Crippen LogP contribution in [0.5, 0.6) is 0 Å². The van der Waals surface area contributed by atoms with Crippen molar-refractivity contribution >= 4 is 50.6 Å². The zero-order chi connectivity index (χ0) is 18.8. The monoisotopic (exact) mass is 390 g/mol. The van der Waals surface area contributed by atoms with Crippen molar-refractivity contribution in [1.29, 1.82) is 0 Å². The molecule has 26 heavy (non-hydrogen) atoms. The minimum atomic E-state index is -0.493. The molecule has 0 aliphatic carbocycles. The second-order valence-electron chi connectivity index (χ2n) is 5.57. The molecule has 0 unspecified atom stereocenters. The van der Waals surface area contributed by atoms with Crippen LogP contribution in [0.2, 0.25) is 0 Å². The molecule has 0 spiro atoms. The summed E-state index contributed by atoms with van der Waals surface area (Å²) in [6.45, 7) is 3.47. The van der Waals surface area contributed by atoms with Crippen molar-refractivity contribution in [3.8, 4) is 0 Å². The maximum Gasteiger partial charge on any atom is 0.274 e. The van der Waals surface area contributed by atoms with Gasteiger partial charge in [0.15, 0.2) is 5.16 Å². The molecule has 10 heteroatoms. The van der Waals surface area contributed by atoms with Gasteiger partial charge < -0.3 is 10.3 Å². The lowest BCUT2D eigenvalue weighted by Gasteiger charge is -2.06. The number of aryl methyl sites for hydroxylation is 2. The van der Waals surface area contributed by atoms with Gasteiger partial charge in [0, 0.05) is 17.3 Å². The van der Waals surface area contributed by atoms with Crippen LogP contribution >= 0.6 is 23.1 Å². The van der Waals surface area contributed by atoms with Gasteiger partial charge in [-0.1, -0.05) is 17.8 Å². The van der Waals surface area contributed by atoms with Crippen molar-refractivity contribution in [3.63, 3.8) is 0 Å². The van der Waals surface area contributed by atoms with Crippen LogP contribution in [0.25, 0.3) is 10.2 Å². The topological polar surface area (TPSA) is 118 Å². The number of aromatic amines is 1. The standard InChI is InChI=1S/C16H14N4O4S2/c1-8-3-4-10(5-11(8)20(23)24)17-12(21)7-26-16-18-14(22)13-9(2)6-25-15(13)19-16/h3-6H,7H2,1-2H3,(H,17,21)(H,18,19,22). The Bertz CT molecular complexity index is 1070. The van der Waals surface area contributed by atoms with Crippen LogP contribution in [-0.2, 0) is 4.79 Å². The number of H-pyrrole nitrogens is 1. The van der Waals surface area contributed by atoms with E-state index in [4.69, 9.17) is 0 Å². The maximum atomic E-state index is 12.1. The zero-order valence-corrected chi connectivity index (χ0v) is 15.5. The van der Waals surface area contributed by atoms with Crippen molar-refractivity contribution < 1.29 is 9.72 Å². The van der Waals surface area contributed by atoms with Crippen LogP contribution < -0.4 is 10.9 Å². The summed E-state index contributed by atoms with van der Waals surface area (Å²) in [6.07, 6.45) is 0. The van der Waals surface area contributed by atoms with Gasteiger partial charge in [0.05, 0.1) is 16.1 Å². The average molecular weight is 390 g/mol. The fraction of sp³-hybridized carbons (Fsp3) is 0.188. The van der Waals surface area contributed by atoms with Gasteiger partial charge in [0.1, 0.15) is 4.83 Å². The Kier molecular flexibility index (Phi) is 5.05. The Labute approximate surface area is 155 Å². The van der Waals surface area contributed by atoms with Gasteiger partial charge in [-0.2, -0.15) is 0 Å². The first-order valence-corrected chi connectivity index (χ1v) is 9.37. The summed E-state index contributed by atoms with van der Waals surface area (Å²) in [7, 11) is 0. The van der Waals surface area contributed by atoms with Crippen LogP contribution in [-0.4, -0.2) is 26.6 Å². The molecule has 2 heterocycles. The number of nitro groups is 1. The maximum absolute atomic E-state index is 12.1. The second kappa shape index (κ2) is 7.26. The van der Waals surface area contributed by atoms with E-state index < -0.39 is 4.92 Å². The number of thiophene rings is 1. The summed E-state index contributed by atoms with van der Waals surface area (Å²) in [5.74, 6) is -0.334. The van der Waals surface area contributed by atoms with Gasteiger partial charge in [-0.25, -0.2) is 4.98 Å². The molecular weight excluding hydrogens is 376 g/mol. The lowest BCUT2D eigenvalue weighted by Crippen LogP contribution is -2.15. The second-order valence-corrected chi connectivity index (χ2v) is 7.39. The molecule has 0 aliphatic heterocycles. The summed E-state index contributed by atoms with van der Waals surface area (Å²) in [5.41, 5.74) is 1.45. The normalized spacial score (nSPS) is 10.8. The molecule has 134 valence electrons. The number of hydrogen-bond donors (Lipinski definition) is 2. The minimum absolute atomic E-state index is 0.0144. The summed E-state index contributed by atoms with van der Waals surface area (Å²) < 4.78 is 0. The number of rotatable bonds is 5. The molecular formula is C16H14N4O4S2. The third-order valence-corrected chi connectivity index (χ3v) is 5.50. The molecule has 3 rings (SSSR count). The van der Waals surface area contributed by atoms with Crippen molar-refractivity contribution in [2.75, 3.05) is 11.1 Å². The number of amides is 1. The van der Waals surface area contributed by atoms with E-state index in [0.29, 0.717) is 26.6 Å². The van der Waals surface area contributed by atoms with Crippen molar-refractivity contribution in [1.82, 2.24) is 9.97 Å². The Balaban J connectivity index is 1.69. The van der Waals surface area contributed by atoms with Gasteiger partial charge in [0.2, 0.25) is 5.91 Å². The van der Waals surface area contributed by atoms with Crippen LogP contribution in [0.3, 0.4) is 0 Å². The highest BCUT2D eigenvalue weighted by atomic mass is 32.2. The molecule has 2 N–H and O–H groups in total. The molecule has 0 fully saturated rings. The van der Waals surface area contributed by atoms with E-state index in [0.717, 1.165) is 17.3 Å². The first kappa shape index (κ1) is 18.1. The Morgan fingerprint density at radius 2 is 2.15 bits per heavy atom. The van der Waals surface area contributed by atoms with Crippen molar-refractivity contribution in [3.05, 3.63) is 55.2 Å². The van der Waals surface area contributed by atoms with Crippen LogP contribution in [0, 0.1) is 24.0 Å². The van der Waals surface area contributed by atoms with E-state index >= 15 is 0 Å². The van der Waals surface area contributed by atoms with E-state index in [1.807, 2.05) is 12.3 Å². The molecule has 1 amide bonds. The third-order valence-electron chi connectivity index (χ3n) is 3.64. The van der Waals surface area contributed by atoms with Crippen LogP contribution in [0.15, 0.2) is 33.5 Å². The first-order valence-electron chi connectivity index (χ1n) is 7.51. The average Bonchev–Trinajstić information content (AvgIpc) is 2.96. The van der Waals surface area contributed by atoms with Gasteiger partial charge in [-0.05, 0) is 30.9 Å². The zero-order valence-electron chi connectivity index (χ0n) is 13.9. The number of benzene rings is 1. The minimum Gasteiger partial charge on any atom is -0.325 e. The summed E-state index contributed by atoms with van der Waals surface area (Å²) in [6, 6.07) is 4.50. The molecule has 0 bridgehead atoms. The Morgan fingerprint density at radius 3 is 2.88 bits per heavy atom. The number of nitrogens with zero attached hydrogens (tertiary/aromatic N) is 2. The highest BCUT2D eigenvalue weighted by Crippen LogP contribution is 2.24. The van der Waals surface area contributed by atoms with E-state index in [9.17, 15) is 19.7 Å². The van der Waals surface area contributed by atoms with E-state index in [1.165, 1.54) is 17.4 Å². The van der Waals surface area contributed by atoms with Gasteiger partial charge in [-0.3, -0.25) is 19.7 Å². The molecule has 1 aromatic carbocycles. The smallest absolute Gasteiger partial charge is 0.274 e. The predicted molar refractivity (Wildman–Crippen MR) is 102 cm³/mol. The van der Waals surface area contributed by atoms with Crippen molar-refractivity contribution in [2.45, 2.75) is 19.0 Å². The molecule has 0 saturated carbocycles.